The van der Waals surface area contributed by atoms with Gasteiger partial charge in [-0.2, -0.15) is 21.6 Å². The Kier molecular flexibility index (Phi) is 8.88. The Morgan fingerprint density at radius 1 is 0.950 bits per heavy atom. The molecule has 3 rings (SSSR count). The molecule has 0 radical (unpaired) electrons. The molecule has 0 bridgehead atoms. The zero-order chi connectivity index (χ0) is 30.0. The summed E-state index contributed by atoms with van der Waals surface area (Å²) in [6.45, 7) is 3.76. The first-order valence-electron chi connectivity index (χ1n) is 11.6. The quantitative estimate of drug-likeness (QED) is 0.193. The zero-order valence-electron chi connectivity index (χ0n) is 21.5. The number of rotatable bonds is 7. The Morgan fingerprint density at radius 2 is 1.55 bits per heavy atom. The molecular weight excluding hydrogens is 573 g/mol. The van der Waals surface area contributed by atoms with Gasteiger partial charge in [-0.3, -0.25) is 19.2 Å². The van der Waals surface area contributed by atoms with E-state index in [2.05, 4.69) is 4.18 Å². The summed E-state index contributed by atoms with van der Waals surface area (Å²) in [5.74, 6) is -5.88. The molecule has 0 unspecified atom stereocenters. The molecular formula is C23H25F3O13S. The van der Waals surface area contributed by atoms with E-state index in [9.17, 15) is 40.8 Å². The second-order valence-electron chi connectivity index (χ2n) is 8.80. The summed E-state index contributed by atoms with van der Waals surface area (Å²) in [6.07, 6.45) is -6.05. The van der Waals surface area contributed by atoms with Crippen LogP contribution in [0.4, 0.5) is 13.2 Å². The van der Waals surface area contributed by atoms with Gasteiger partial charge in [-0.05, 0) is 30.2 Å². The van der Waals surface area contributed by atoms with E-state index in [-0.39, 0.29) is 24.2 Å². The van der Waals surface area contributed by atoms with E-state index in [0.29, 0.717) is 0 Å². The molecule has 1 aromatic rings. The molecule has 17 heteroatoms. The fraction of sp³-hybridized carbons (Fsp3) is 0.565. The Morgan fingerprint density at radius 3 is 2.10 bits per heavy atom. The number of alkyl halides is 3. The monoisotopic (exact) mass is 598 g/mol. The number of hydrogen-bond acceptors (Lipinski definition) is 13. The van der Waals surface area contributed by atoms with Crippen LogP contribution in [0.15, 0.2) is 18.2 Å². The molecule has 222 valence electrons. The van der Waals surface area contributed by atoms with Gasteiger partial charge in [-0.25, -0.2) is 0 Å². The summed E-state index contributed by atoms with van der Waals surface area (Å²) in [5, 5.41) is 0. The molecule has 5 atom stereocenters. The summed E-state index contributed by atoms with van der Waals surface area (Å²) in [5.41, 5.74) is -5.45. The standard InChI is InChI=1S/C23H25F3O13S/c1-11(27)33-10-18-19(34-12(2)28)20(35-13(3)29)21(36-14(4)30)22(38-18)8-7-15-9-16(5-6-17(15)37-22)39-40(31,32)23(24,25)26/h5-6,9,18-21H,7-8,10H2,1-4H3/t18-,19-,20+,21+,22+/m1/s1. The minimum atomic E-state index is -5.94. The van der Waals surface area contributed by atoms with Crippen molar-refractivity contribution >= 4 is 34.0 Å². The van der Waals surface area contributed by atoms with Gasteiger partial charge in [0.25, 0.3) is 5.79 Å². The molecule has 40 heavy (non-hydrogen) atoms. The third-order valence-electron chi connectivity index (χ3n) is 5.67. The van der Waals surface area contributed by atoms with Gasteiger partial charge in [0.15, 0.2) is 12.2 Å². The highest BCUT2D eigenvalue weighted by Crippen LogP contribution is 2.45. The van der Waals surface area contributed by atoms with Gasteiger partial charge in [-0.15, -0.1) is 0 Å². The van der Waals surface area contributed by atoms with Crippen molar-refractivity contribution in [3.05, 3.63) is 23.8 Å². The van der Waals surface area contributed by atoms with Crippen molar-refractivity contribution in [3.8, 4) is 11.5 Å². The van der Waals surface area contributed by atoms with E-state index in [4.69, 9.17) is 28.4 Å². The van der Waals surface area contributed by atoms with Crippen molar-refractivity contribution in [3.63, 3.8) is 0 Å². The van der Waals surface area contributed by atoms with Crippen LogP contribution in [0.1, 0.15) is 39.7 Å². The predicted octanol–water partition coefficient (Wildman–Crippen LogP) is 1.69. The van der Waals surface area contributed by atoms with E-state index >= 15 is 0 Å². The average molecular weight is 599 g/mol. The van der Waals surface area contributed by atoms with Gasteiger partial charge < -0.3 is 32.6 Å². The number of ether oxygens (including phenoxy) is 6. The van der Waals surface area contributed by atoms with Crippen LogP contribution < -0.4 is 8.92 Å². The highest BCUT2D eigenvalue weighted by atomic mass is 32.2. The van der Waals surface area contributed by atoms with Crippen molar-refractivity contribution in [2.45, 2.75) is 76.2 Å². The van der Waals surface area contributed by atoms with Crippen molar-refractivity contribution in [2.75, 3.05) is 6.61 Å². The number of halogens is 3. The molecule has 0 aliphatic carbocycles. The Bertz CT molecular complexity index is 1280. The van der Waals surface area contributed by atoms with Crippen LogP contribution in [-0.4, -0.2) is 74.6 Å². The molecule has 1 aromatic carbocycles. The first-order valence-corrected chi connectivity index (χ1v) is 13.0. The van der Waals surface area contributed by atoms with Gasteiger partial charge in [0, 0.05) is 34.1 Å². The maximum atomic E-state index is 12.7. The molecule has 2 aliphatic rings. The second kappa shape index (κ2) is 11.5. The summed E-state index contributed by atoms with van der Waals surface area (Å²) in [4.78, 5) is 47.5. The summed E-state index contributed by atoms with van der Waals surface area (Å²) in [7, 11) is -5.94. The van der Waals surface area contributed by atoms with Crippen molar-refractivity contribution < 1.29 is 73.4 Å². The minimum absolute atomic E-state index is 0.0288. The first-order chi connectivity index (χ1) is 18.4. The normalized spacial score (nSPS) is 26.1. The average Bonchev–Trinajstić information content (AvgIpc) is 2.80. The largest absolute Gasteiger partial charge is 0.534 e. The van der Waals surface area contributed by atoms with Gasteiger partial charge in [-0.1, -0.05) is 0 Å². The predicted molar refractivity (Wildman–Crippen MR) is 122 cm³/mol. The summed E-state index contributed by atoms with van der Waals surface area (Å²) in [6, 6.07) is 3.01. The lowest BCUT2D eigenvalue weighted by Gasteiger charge is -2.52. The summed E-state index contributed by atoms with van der Waals surface area (Å²) >= 11 is 0. The third-order valence-corrected chi connectivity index (χ3v) is 6.65. The van der Waals surface area contributed by atoms with Crippen LogP contribution in [0.25, 0.3) is 0 Å². The molecule has 13 nitrogen and oxygen atoms in total. The topological polar surface area (TPSA) is 167 Å². The SMILES string of the molecule is CC(=O)OC[C@H]1O[C@@]2(CCc3cc(OS(=O)(=O)C(F)(F)F)ccc3O2)[C@@H](OC(C)=O)[C@@H](OC(C)=O)[C@@H]1OC(C)=O. The van der Waals surface area contributed by atoms with E-state index in [1.54, 1.807) is 0 Å². The molecule has 1 fully saturated rings. The second-order valence-corrected chi connectivity index (χ2v) is 10.3. The fourth-order valence-corrected chi connectivity index (χ4v) is 4.70. The van der Waals surface area contributed by atoms with Gasteiger partial charge in [0.05, 0.1) is 0 Å². The van der Waals surface area contributed by atoms with E-state index in [1.165, 1.54) is 0 Å². The van der Waals surface area contributed by atoms with Crippen molar-refractivity contribution in [1.82, 2.24) is 0 Å². The Balaban J connectivity index is 2.05. The number of carbonyl (C=O) groups excluding carboxylic acids is 4. The molecule has 0 saturated carbocycles. The fourth-order valence-electron chi connectivity index (χ4n) is 4.25. The number of aryl methyl sites for hydroxylation is 1. The molecule has 2 aliphatic heterocycles. The Labute approximate surface area is 225 Å². The molecule has 0 amide bonds. The minimum Gasteiger partial charge on any atom is -0.463 e. The number of esters is 4. The van der Waals surface area contributed by atoms with Gasteiger partial charge in [0.1, 0.15) is 24.2 Å². The summed E-state index contributed by atoms with van der Waals surface area (Å²) < 4.78 is 98.5. The van der Waals surface area contributed by atoms with Crippen molar-refractivity contribution in [1.29, 1.82) is 0 Å². The number of fused-ring (bicyclic) bond motifs is 1. The first kappa shape index (κ1) is 30.9. The van der Waals surface area contributed by atoms with Crippen LogP contribution in [-0.2, 0) is 59.4 Å². The van der Waals surface area contributed by atoms with Crippen LogP contribution in [0.3, 0.4) is 0 Å². The molecule has 0 N–H and O–H groups in total. The lowest BCUT2D eigenvalue weighted by molar-refractivity contribution is -0.345. The molecule has 0 aromatic heterocycles. The lowest BCUT2D eigenvalue weighted by atomic mass is 9.86. The van der Waals surface area contributed by atoms with Crippen molar-refractivity contribution in [2.24, 2.45) is 0 Å². The number of hydrogen-bond donors (Lipinski definition) is 0. The number of carbonyl (C=O) groups is 4. The van der Waals surface area contributed by atoms with E-state index in [0.717, 1.165) is 45.9 Å². The van der Waals surface area contributed by atoms with Gasteiger partial charge in [0.2, 0.25) is 6.10 Å². The van der Waals surface area contributed by atoms with Gasteiger partial charge >= 0.3 is 39.5 Å². The Hall–Kier alpha value is -3.60. The maximum absolute atomic E-state index is 12.7. The lowest BCUT2D eigenvalue weighted by Crippen LogP contribution is -2.70. The smallest absolute Gasteiger partial charge is 0.463 e. The van der Waals surface area contributed by atoms with E-state index < -0.39 is 82.1 Å². The van der Waals surface area contributed by atoms with Crippen LogP contribution in [0.5, 0.6) is 11.5 Å². The van der Waals surface area contributed by atoms with E-state index in [1.807, 2.05) is 0 Å². The number of benzene rings is 1. The zero-order valence-corrected chi connectivity index (χ0v) is 22.3. The molecule has 2 heterocycles. The third kappa shape index (κ3) is 6.93. The highest BCUT2D eigenvalue weighted by Gasteiger charge is 2.62. The van der Waals surface area contributed by atoms with Crippen LogP contribution >= 0.6 is 0 Å². The molecule has 1 spiro atoms. The highest BCUT2D eigenvalue weighted by molar-refractivity contribution is 7.88. The van der Waals surface area contributed by atoms with Crippen LogP contribution in [0.2, 0.25) is 0 Å². The maximum Gasteiger partial charge on any atom is 0.534 e. The molecule has 1 saturated heterocycles. The van der Waals surface area contributed by atoms with Crippen LogP contribution in [0, 0.1) is 0 Å².